The van der Waals surface area contributed by atoms with Gasteiger partial charge in [-0.05, 0) is 150 Å². The lowest BCUT2D eigenvalue weighted by Gasteiger charge is -2.42. The second-order valence-electron chi connectivity index (χ2n) is 35.7. The average Bonchev–Trinajstić information content (AvgIpc) is 1.71. The van der Waals surface area contributed by atoms with Crippen LogP contribution in [-0.4, -0.2) is 269 Å². The molecule has 706 valence electrons. The summed E-state index contributed by atoms with van der Waals surface area (Å²) in [6.45, 7) is 20.3. The van der Waals surface area contributed by atoms with E-state index in [9.17, 15) is 39.0 Å². The van der Waals surface area contributed by atoms with Crippen molar-refractivity contribution in [3.63, 3.8) is 0 Å². The van der Waals surface area contributed by atoms with Gasteiger partial charge >= 0.3 is 5.97 Å². The molecule has 1 unspecified atom stereocenters. The molecular weight excluding hydrogens is 1680 g/mol. The number of nitrogens with one attached hydrogen (secondary N) is 1. The number of ether oxygens (including phenoxy) is 8. The number of cyclic esters (lactones) is 1. The number of carbonyl (C=O) groups is 6. The number of fused-ring (bicyclic) bond motifs is 5. The smallest absolute Gasteiger partial charge is 0.329 e. The molecule has 2 bridgehead atoms. The van der Waals surface area contributed by atoms with Crippen molar-refractivity contribution in [2.24, 2.45) is 35.5 Å². The predicted molar refractivity (Wildman–Crippen MR) is 489 cm³/mol. The van der Waals surface area contributed by atoms with Gasteiger partial charge in [0.05, 0.1) is 93.5 Å². The number of piperazine rings is 1. The van der Waals surface area contributed by atoms with Gasteiger partial charge in [0, 0.05) is 146 Å². The molecule has 8 aromatic rings. The monoisotopic (exact) mass is 1810 g/mol. The Balaban J connectivity index is 0.547. The number of hydrogen-bond donors (Lipinski definition) is 5. The van der Waals surface area contributed by atoms with Gasteiger partial charge in [-0.1, -0.05) is 99.7 Å². The van der Waals surface area contributed by atoms with Crippen LogP contribution in [0.1, 0.15) is 157 Å². The molecule has 1 aliphatic carbocycles. The molecule has 2 aromatic carbocycles. The van der Waals surface area contributed by atoms with Gasteiger partial charge in [0.1, 0.15) is 53.5 Å². The summed E-state index contributed by atoms with van der Waals surface area (Å²) < 4.78 is 58.8. The Hall–Kier alpha value is -10.8. The molecule has 3 saturated heterocycles. The summed E-state index contributed by atoms with van der Waals surface area (Å²) >= 11 is 0. The summed E-state index contributed by atoms with van der Waals surface area (Å²) in [4.78, 5) is 114. The number of hydrogen-bond acceptors (Lipinski definition) is 31. The van der Waals surface area contributed by atoms with E-state index >= 15 is 0 Å². The van der Waals surface area contributed by atoms with Crippen LogP contribution >= 0.6 is 0 Å². The predicted octanol–water partition coefficient (Wildman–Crippen LogP) is 9.84. The second kappa shape index (κ2) is 46.5. The number of oxazole rings is 1. The van der Waals surface area contributed by atoms with Gasteiger partial charge in [-0.2, -0.15) is 10.1 Å². The summed E-state index contributed by atoms with van der Waals surface area (Å²) in [5, 5.41) is 50.3. The molecule has 10 heterocycles. The number of carbonyl (C=O) groups excluding carboxylic acids is 6. The van der Waals surface area contributed by atoms with Crippen LogP contribution < -0.4 is 21.7 Å². The number of ketones is 3. The Bertz CT molecular complexity index is 5290. The van der Waals surface area contributed by atoms with Crippen LogP contribution in [0.15, 0.2) is 126 Å². The van der Waals surface area contributed by atoms with Gasteiger partial charge in [-0.25, -0.2) is 38.8 Å². The topological polar surface area (TPSA) is 447 Å². The number of nitrogen functional groups attached to an aromatic ring is 2. The number of aliphatic hydroxyl groups excluding tert-OH is 1. The number of benzene rings is 2. The molecule has 5 aliphatic rings. The standard InChI is InChI=1S/C95H129N19O17/c1-59-19-12-11-13-20-60(2)79(123-8)51-72-27-24-65(7)95(122,131-72)88(119)91(120)112-32-16-14-23-75(112)92(121)129-80(52-77(115)61(3)46-64(6)86(118)87(125-10)85(117)63(5)45-59)62(4)47-66-25-28-74(81(48-66)124-9)114-76(55-103-107-114)68-22-18-21-67(49-68)70-53-99-94(100-54-70)110-36-34-109(35-37-110)56-71-57-111(108-105-71)38-40-127-42-44-128-43-41-126-39-30-82(116)98-31-15-17-33-113-90-83(89(96)101-58-102-90)84(106-113)69-26-29-78-73(50-69)104-93(97)130-78/h11-13,18-22,26,29,46,49-50,53-55,57-59,61-63,65-66,72,74-75,79-81,86-87,118,122H,14-17,23-25,27-28,30-45,47-48,51-52,56H2,1-10H3,(H2,97,104)(H,98,116)(H2,96,101,102)/b13-11+,19-12+,60-20+,64-46+/t59-,61-,62-,63-,65-,66+,72+,74+,75+,79+,80?,81-,86-,87+,95-/m1/s1. The van der Waals surface area contributed by atoms with Gasteiger partial charge < -0.3 is 79.1 Å². The third kappa shape index (κ3) is 25.1. The molecule has 36 nitrogen and oxygen atoms in total. The number of allylic oxidation sites excluding steroid dienone is 6. The van der Waals surface area contributed by atoms with Crippen LogP contribution in [0.25, 0.3) is 55.8 Å². The third-order valence-corrected chi connectivity index (χ3v) is 26.2. The fraction of sp³-hybridized carbons (Fsp3) is 0.579. The molecule has 1 saturated carbocycles. The highest BCUT2D eigenvalue weighted by Gasteiger charge is 2.53. The number of piperidine rings is 1. The molecule has 13 rings (SSSR count). The Morgan fingerprint density at radius 1 is 0.756 bits per heavy atom. The molecule has 4 aliphatic heterocycles. The molecule has 0 spiro atoms. The van der Waals surface area contributed by atoms with Crippen molar-refractivity contribution in [3.8, 4) is 33.6 Å². The maximum atomic E-state index is 15.0. The van der Waals surface area contributed by atoms with Crippen LogP contribution in [0.3, 0.4) is 0 Å². The van der Waals surface area contributed by atoms with E-state index in [4.69, 9.17) is 68.8 Å². The van der Waals surface area contributed by atoms with Crippen molar-refractivity contribution in [1.82, 2.24) is 79.8 Å². The lowest BCUT2D eigenvalue weighted by Crippen LogP contribution is -2.61. The van der Waals surface area contributed by atoms with Crippen LogP contribution in [0, 0.1) is 35.5 Å². The highest BCUT2D eigenvalue weighted by Crippen LogP contribution is 2.43. The summed E-state index contributed by atoms with van der Waals surface area (Å²) in [7, 11) is 4.65. The minimum atomic E-state index is -2.48. The number of aliphatic hydroxyl groups is 2. The highest BCUT2D eigenvalue weighted by atomic mass is 16.6. The van der Waals surface area contributed by atoms with Crippen molar-refractivity contribution < 1.29 is 81.3 Å². The van der Waals surface area contributed by atoms with Crippen molar-refractivity contribution in [3.05, 3.63) is 127 Å². The molecular formula is C95H129N19O17. The number of aromatic nitrogens is 13. The number of nitrogens with two attached hydrogens (primary N) is 2. The highest BCUT2D eigenvalue weighted by molar-refractivity contribution is 6.39. The Morgan fingerprint density at radius 2 is 1.53 bits per heavy atom. The third-order valence-electron chi connectivity index (χ3n) is 26.2. The van der Waals surface area contributed by atoms with Gasteiger partial charge in [-0.15, -0.1) is 10.2 Å². The zero-order valence-corrected chi connectivity index (χ0v) is 77.0. The molecule has 0 radical (unpaired) electrons. The first-order chi connectivity index (χ1) is 63.3. The molecule has 15 atom stereocenters. The van der Waals surface area contributed by atoms with Crippen LogP contribution in [0.4, 0.5) is 17.8 Å². The fourth-order valence-corrected chi connectivity index (χ4v) is 18.5. The Labute approximate surface area is 764 Å². The SMILES string of the molecule is CO[C@H]1C[C@@H]2CC[C@@H](C)[C@@](O)(O2)C(=O)C(=O)N2CCCC[C@H]2C(=O)OC([C@H](C)C[C@@H]2CC[C@H](n3nncc3-c3cccc(-c4cnc(N5CCN(Cc6cn(CCOCCOCCOCCC(=O)NCCCCn7nc(-c8ccc9oc(N)nc9c8)c8c(N)ncnc87)nn6)CC5)nc4)c3)[C@H](OC)C2)CC(=O)[C@H](C)/C=C(\C)[C@@H](O)[C@@H](OC)C(=O)[C@H](C)C[C@H](C)/C=C/C=C/C=C/1C. The molecule has 6 aromatic heterocycles. The van der Waals surface area contributed by atoms with Crippen molar-refractivity contribution in [2.45, 2.75) is 219 Å². The number of Topliss-reactive ketones (excluding diaryl/α,β-unsaturated/α-hetero) is 3. The normalized spacial score (nSPS) is 26.9. The first-order valence-corrected chi connectivity index (χ1v) is 46.1. The quantitative estimate of drug-likeness (QED) is 0.0121. The number of nitrogens with zero attached hydrogens (tertiary/aromatic N) is 16. The number of aryl methyl sites for hydroxylation is 1. The maximum absolute atomic E-state index is 15.0. The molecule has 36 heteroatoms. The van der Waals surface area contributed by atoms with E-state index in [2.05, 4.69) is 56.8 Å². The van der Waals surface area contributed by atoms with E-state index < -0.39 is 83.7 Å². The van der Waals surface area contributed by atoms with Gasteiger partial charge in [0.2, 0.25) is 17.6 Å². The van der Waals surface area contributed by atoms with E-state index in [1.807, 2.05) is 112 Å². The van der Waals surface area contributed by atoms with Crippen molar-refractivity contribution >= 4 is 75.0 Å². The number of amides is 2. The number of unbranched alkanes of at least 4 members (excludes halogenated alkanes) is 1. The Kier molecular flexibility index (Phi) is 34.7. The second-order valence-corrected chi connectivity index (χ2v) is 35.7. The lowest BCUT2D eigenvalue weighted by molar-refractivity contribution is -0.265. The summed E-state index contributed by atoms with van der Waals surface area (Å²) in [5.74, 6) is -7.57. The number of esters is 1. The summed E-state index contributed by atoms with van der Waals surface area (Å²) in [6, 6.07) is 12.3. The van der Waals surface area contributed by atoms with E-state index in [1.165, 1.54) is 18.3 Å². The van der Waals surface area contributed by atoms with Gasteiger partial charge in [0.25, 0.3) is 17.7 Å². The first kappa shape index (κ1) is 97.7. The minimum absolute atomic E-state index is 0.0155. The van der Waals surface area contributed by atoms with E-state index in [0.29, 0.717) is 162 Å². The van der Waals surface area contributed by atoms with Crippen molar-refractivity contribution in [2.75, 3.05) is 117 Å². The summed E-state index contributed by atoms with van der Waals surface area (Å²) in [5.41, 5.74) is 20.8. The average molecular weight is 1810 g/mol. The van der Waals surface area contributed by atoms with E-state index in [0.717, 1.165) is 84.7 Å². The van der Waals surface area contributed by atoms with Gasteiger partial charge in [0.15, 0.2) is 17.0 Å². The number of methoxy groups -OCH3 is 3. The zero-order valence-electron chi connectivity index (χ0n) is 77.0. The van der Waals surface area contributed by atoms with Crippen LogP contribution in [-0.2, 0) is 86.3 Å². The summed E-state index contributed by atoms with van der Waals surface area (Å²) in [6.07, 6.45) is 21.9. The number of anilines is 3. The van der Waals surface area contributed by atoms with E-state index in [1.54, 1.807) is 62.7 Å². The van der Waals surface area contributed by atoms with Crippen LogP contribution in [0.5, 0.6) is 0 Å². The maximum Gasteiger partial charge on any atom is 0.329 e. The Morgan fingerprint density at radius 3 is 2.30 bits per heavy atom. The van der Waals surface area contributed by atoms with Gasteiger partial charge in [-0.3, -0.25) is 28.9 Å². The molecule has 7 N–H and O–H groups in total. The largest absolute Gasteiger partial charge is 0.460 e. The first-order valence-electron chi connectivity index (χ1n) is 46.1. The van der Waals surface area contributed by atoms with Crippen LogP contribution in [0.2, 0.25) is 0 Å². The molecule has 4 fully saturated rings. The van der Waals surface area contributed by atoms with Crippen molar-refractivity contribution in [1.29, 1.82) is 0 Å². The molecule has 2 amide bonds. The minimum Gasteiger partial charge on any atom is -0.460 e. The zero-order chi connectivity index (χ0) is 92.8. The number of rotatable bonds is 30. The fourth-order valence-electron chi connectivity index (χ4n) is 18.5. The van der Waals surface area contributed by atoms with E-state index in [-0.39, 0.29) is 79.9 Å². The lowest BCUT2D eigenvalue weighted by atomic mass is 9.77. The molecule has 131 heavy (non-hydrogen) atoms.